The molecule has 1 N–H and O–H groups in total. The van der Waals surface area contributed by atoms with E-state index in [2.05, 4.69) is 12.2 Å². The number of anilines is 1. The number of benzene rings is 1. The normalized spacial score (nSPS) is 12.8. The maximum atomic E-state index is 12.8. The third-order valence-corrected chi connectivity index (χ3v) is 7.06. The fourth-order valence-electron chi connectivity index (χ4n) is 2.73. The quantitative estimate of drug-likeness (QED) is 0.726. The fourth-order valence-corrected chi connectivity index (χ4v) is 4.73. The molecule has 2 rings (SSSR count). The summed E-state index contributed by atoms with van der Waals surface area (Å²) in [5, 5.41) is 5.03. The molecule has 8 heteroatoms. The highest BCUT2D eigenvalue weighted by atomic mass is 32.2. The smallest absolute Gasteiger partial charge is 0.251 e. The number of nitrogens with zero attached hydrogens (tertiary/aromatic N) is 2. The van der Waals surface area contributed by atoms with Crippen LogP contribution < -0.4 is 10.2 Å². The molecule has 0 saturated carbocycles. The van der Waals surface area contributed by atoms with Crippen LogP contribution in [0.2, 0.25) is 0 Å². The van der Waals surface area contributed by atoms with E-state index in [1.54, 1.807) is 42.5 Å². The van der Waals surface area contributed by atoms with E-state index in [1.807, 2.05) is 17.5 Å². The molecule has 1 atom stereocenters. The average Bonchev–Trinajstić information content (AvgIpc) is 3.15. The zero-order chi connectivity index (χ0) is 20.2. The number of rotatable bonds is 8. The predicted molar refractivity (Wildman–Crippen MR) is 111 cm³/mol. The summed E-state index contributed by atoms with van der Waals surface area (Å²) in [5.41, 5.74) is 0.877. The van der Waals surface area contributed by atoms with Crippen molar-refractivity contribution in [2.45, 2.75) is 30.7 Å². The zero-order valence-corrected chi connectivity index (χ0v) is 18.0. The van der Waals surface area contributed by atoms with Gasteiger partial charge in [-0.05, 0) is 36.1 Å². The van der Waals surface area contributed by atoms with Gasteiger partial charge in [0.05, 0.1) is 11.7 Å². The van der Waals surface area contributed by atoms with E-state index >= 15 is 0 Å². The first kappa shape index (κ1) is 21.4. The van der Waals surface area contributed by atoms with Gasteiger partial charge in [0.15, 0.2) is 0 Å². The first-order chi connectivity index (χ1) is 12.7. The fraction of sp³-hybridized carbons (Fsp3) is 0.421. The summed E-state index contributed by atoms with van der Waals surface area (Å²) in [6, 6.07) is 8.68. The summed E-state index contributed by atoms with van der Waals surface area (Å²) in [4.78, 5) is 15.8. The standard InChI is InChI=1S/C19H27N3O3S2/c1-6-8-15(17-9-7-12-26-17)20-19(23)14-10-11-16(21(2)3)18(13-14)27(24,25)22(4)5/h7,9-13,15H,6,8H2,1-5H3,(H,20,23). The molecule has 0 radical (unpaired) electrons. The number of hydrogen-bond acceptors (Lipinski definition) is 5. The number of carbonyl (C=O) groups is 1. The van der Waals surface area contributed by atoms with E-state index in [1.165, 1.54) is 20.2 Å². The number of hydrogen-bond donors (Lipinski definition) is 1. The van der Waals surface area contributed by atoms with Crippen molar-refractivity contribution in [1.29, 1.82) is 0 Å². The summed E-state index contributed by atoms with van der Waals surface area (Å²) in [6.07, 6.45) is 1.76. The largest absolute Gasteiger partial charge is 0.377 e. The molecule has 0 aliphatic rings. The lowest BCUT2D eigenvalue weighted by atomic mass is 10.1. The highest BCUT2D eigenvalue weighted by Gasteiger charge is 2.25. The molecule has 1 unspecified atom stereocenters. The molecule has 2 aromatic rings. The summed E-state index contributed by atoms with van der Waals surface area (Å²) < 4.78 is 26.6. The Hall–Kier alpha value is -1.90. The molecule has 1 amide bonds. The van der Waals surface area contributed by atoms with Crippen molar-refractivity contribution in [3.8, 4) is 0 Å². The van der Waals surface area contributed by atoms with Crippen LogP contribution in [0, 0.1) is 0 Å². The number of thiophene rings is 1. The minimum absolute atomic E-state index is 0.0788. The Balaban J connectivity index is 2.39. The van der Waals surface area contributed by atoms with Crippen molar-refractivity contribution in [3.05, 3.63) is 46.2 Å². The molecule has 0 spiro atoms. The highest BCUT2D eigenvalue weighted by molar-refractivity contribution is 7.89. The van der Waals surface area contributed by atoms with Crippen molar-refractivity contribution < 1.29 is 13.2 Å². The number of amides is 1. The third-order valence-electron chi connectivity index (χ3n) is 4.23. The first-order valence-electron chi connectivity index (χ1n) is 8.76. The monoisotopic (exact) mass is 409 g/mol. The molecule has 27 heavy (non-hydrogen) atoms. The van der Waals surface area contributed by atoms with Crippen LogP contribution in [0.3, 0.4) is 0 Å². The van der Waals surface area contributed by atoms with Crippen molar-refractivity contribution in [1.82, 2.24) is 9.62 Å². The molecule has 0 aliphatic carbocycles. The Kier molecular flexibility index (Phi) is 7.02. The summed E-state index contributed by atoms with van der Waals surface area (Å²) >= 11 is 1.60. The average molecular weight is 410 g/mol. The second kappa shape index (κ2) is 8.86. The zero-order valence-electron chi connectivity index (χ0n) is 16.4. The maximum absolute atomic E-state index is 12.8. The first-order valence-corrected chi connectivity index (χ1v) is 11.1. The van der Waals surface area contributed by atoms with Gasteiger partial charge in [-0.25, -0.2) is 12.7 Å². The SMILES string of the molecule is CCCC(NC(=O)c1ccc(N(C)C)c(S(=O)(=O)N(C)C)c1)c1cccs1. The van der Waals surface area contributed by atoms with Crippen LogP contribution in [0.5, 0.6) is 0 Å². The van der Waals surface area contributed by atoms with Crippen LogP contribution in [0.25, 0.3) is 0 Å². The van der Waals surface area contributed by atoms with Gasteiger partial charge in [-0.2, -0.15) is 0 Å². The van der Waals surface area contributed by atoms with E-state index in [9.17, 15) is 13.2 Å². The Labute approximate surface area is 165 Å². The van der Waals surface area contributed by atoms with Crippen molar-refractivity contribution >= 4 is 33.0 Å². The van der Waals surface area contributed by atoms with Crippen molar-refractivity contribution in [2.24, 2.45) is 0 Å². The van der Waals surface area contributed by atoms with Gasteiger partial charge in [0.2, 0.25) is 10.0 Å². The van der Waals surface area contributed by atoms with Crippen LogP contribution in [0.15, 0.2) is 40.6 Å². The number of carbonyl (C=O) groups excluding carboxylic acids is 1. The Morgan fingerprint density at radius 2 is 1.89 bits per heavy atom. The Bertz CT molecular complexity index is 876. The van der Waals surface area contributed by atoms with E-state index in [4.69, 9.17) is 0 Å². The lowest BCUT2D eigenvalue weighted by Gasteiger charge is -2.21. The molecular formula is C19H27N3O3S2. The molecule has 0 saturated heterocycles. The summed E-state index contributed by atoms with van der Waals surface area (Å²) in [6.45, 7) is 2.07. The molecule has 0 fully saturated rings. The van der Waals surface area contributed by atoms with Gasteiger partial charge < -0.3 is 10.2 Å². The van der Waals surface area contributed by atoms with Crippen LogP contribution in [-0.4, -0.2) is 46.8 Å². The van der Waals surface area contributed by atoms with E-state index in [0.717, 1.165) is 22.0 Å². The Morgan fingerprint density at radius 1 is 1.19 bits per heavy atom. The minimum atomic E-state index is -3.68. The molecule has 148 valence electrons. The van der Waals surface area contributed by atoms with E-state index < -0.39 is 10.0 Å². The summed E-state index contributed by atoms with van der Waals surface area (Å²) in [7, 11) is 2.84. The van der Waals surface area contributed by atoms with Gasteiger partial charge in [0, 0.05) is 38.6 Å². The van der Waals surface area contributed by atoms with Gasteiger partial charge in [-0.1, -0.05) is 19.4 Å². The molecule has 1 heterocycles. The topological polar surface area (TPSA) is 69.7 Å². The van der Waals surface area contributed by atoms with Gasteiger partial charge in [-0.3, -0.25) is 4.79 Å². The van der Waals surface area contributed by atoms with Gasteiger partial charge in [-0.15, -0.1) is 11.3 Å². The van der Waals surface area contributed by atoms with Gasteiger partial charge >= 0.3 is 0 Å². The molecule has 6 nitrogen and oxygen atoms in total. The van der Waals surface area contributed by atoms with Crippen LogP contribution in [0.4, 0.5) is 5.69 Å². The minimum Gasteiger partial charge on any atom is -0.377 e. The molecule has 0 aliphatic heterocycles. The van der Waals surface area contributed by atoms with Crippen LogP contribution in [-0.2, 0) is 10.0 Å². The maximum Gasteiger partial charge on any atom is 0.251 e. The second-order valence-corrected chi connectivity index (χ2v) is 9.79. The van der Waals surface area contributed by atoms with E-state index in [0.29, 0.717) is 11.3 Å². The van der Waals surface area contributed by atoms with Crippen molar-refractivity contribution in [3.63, 3.8) is 0 Å². The number of sulfonamides is 1. The van der Waals surface area contributed by atoms with Gasteiger partial charge in [0.25, 0.3) is 5.91 Å². The molecule has 1 aromatic heterocycles. The second-order valence-electron chi connectivity index (χ2n) is 6.69. The molecular weight excluding hydrogens is 382 g/mol. The molecule has 1 aromatic carbocycles. The highest BCUT2D eigenvalue weighted by Crippen LogP contribution is 2.28. The lowest BCUT2D eigenvalue weighted by molar-refractivity contribution is 0.0935. The lowest BCUT2D eigenvalue weighted by Crippen LogP contribution is -2.29. The van der Waals surface area contributed by atoms with Gasteiger partial charge in [0.1, 0.15) is 4.90 Å². The van der Waals surface area contributed by atoms with Crippen LogP contribution >= 0.6 is 11.3 Å². The summed E-state index contributed by atoms with van der Waals surface area (Å²) in [5.74, 6) is -0.276. The third kappa shape index (κ3) is 4.88. The predicted octanol–water partition coefficient (Wildman–Crippen LogP) is 3.34. The van der Waals surface area contributed by atoms with Crippen molar-refractivity contribution in [2.75, 3.05) is 33.1 Å². The number of nitrogens with one attached hydrogen (secondary N) is 1. The van der Waals surface area contributed by atoms with E-state index in [-0.39, 0.29) is 16.8 Å². The molecule has 0 bridgehead atoms. The van der Waals surface area contributed by atoms with Crippen LogP contribution in [0.1, 0.15) is 41.0 Å². The Morgan fingerprint density at radius 3 is 2.41 bits per heavy atom.